The summed E-state index contributed by atoms with van der Waals surface area (Å²) in [6.07, 6.45) is 5.86. The average molecular weight is 315 g/mol. The minimum Gasteiger partial charge on any atom is -0.386 e. The van der Waals surface area contributed by atoms with Crippen LogP contribution < -0.4 is 0 Å². The van der Waals surface area contributed by atoms with Gasteiger partial charge in [0.1, 0.15) is 11.2 Å². The van der Waals surface area contributed by atoms with E-state index >= 15 is 0 Å². The van der Waals surface area contributed by atoms with Gasteiger partial charge in [0.15, 0.2) is 0 Å². The Hall–Kier alpha value is 0.360. The van der Waals surface area contributed by atoms with Crippen LogP contribution in [0.2, 0.25) is 0 Å². The second-order valence-corrected chi connectivity index (χ2v) is 9.87. The highest BCUT2D eigenvalue weighted by Gasteiger charge is 2.80. The van der Waals surface area contributed by atoms with Crippen LogP contribution in [-0.4, -0.2) is 43.4 Å². The molecule has 0 amide bonds. The van der Waals surface area contributed by atoms with Crippen molar-refractivity contribution in [3.05, 3.63) is 12.2 Å². The Kier molecular flexibility index (Phi) is 3.38. The van der Waals surface area contributed by atoms with Crippen LogP contribution in [0.5, 0.6) is 0 Å². The molecule has 0 radical (unpaired) electrons. The quantitative estimate of drug-likeness (QED) is 0.783. The predicted molar refractivity (Wildman–Crippen MR) is 88.3 cm³/mol. The molecule has 3 aliphatic rings. The monoisotopic (exact) mass is 314 g/mol. The Balaban J connectivity index is 2.09. The lowest BCUT2D eigenvalue weighted by Gasteiger charge is -2.49. The van der Waals surface area contributed by atoms with Crippen LogP contribution in [0.3, 0.4) is 0 Å². The Morgan fingerprint density at radius 3 is 1.55 bits per heavy atom. The van der Waals surface area contributed by atoms with Crippen LogP contribution in [0.15, 0.2) is 12.2 Å². The van der Waals surface area contributed by atoms with E-state index in [1.54, 1.807) is 0 Å². The molecule has 0 spiro atoms. The van der Waals surface area contributed by atoms with E-state index in [4.69, 9.17) is 0 Å². The Morgan fingerprint density at radius 1 is 0.900 bits per heavy atom. The van der Waals surface area contributed by atoms with Gasteiger partial charge < -0.3 is 10.2 Å². The third-order valence-corrected chi connectivity index (χ3v) is 9.06. The molecule has 0 unspecified atom stereocenters. The van der Waals surface area contributed by atoms with Crippen molar-refractivity contribution in [1.82, 2.24) is 0 Å². The summed E-state index contributed by atoms with van der Waals surface area (Å²) in [5.74, 6) is 2.06. The zero-order chi connectivity index (χ0) is 14.8. The van der Waals surface area contributed by atoms with Crippen molar-refractivity contribution in [2.24, 2.45) is 10.8 Å². The molecule has 0 saturated heterocycles. The van der Waals surface area contributed by atoms with Crippen LogP contribution in [0.25, 0.3) is 0 Å². The zero-order valence-electron chi connectivity index (χ0n) is 12.8. The van der Waals surface area contributed by atoms with E-state index < -0.39 is 11.2 Å². The summed E-state index contributed by atoms with van der Waals surface area (Å²) in [4.78, 5) is 0. The first-order valence-electron chi connectivity index (χ1n) is 7.67. The van der Waals surface area contributed by atoms with E-state index in [1.807, 2.05) is 23.5 Å². The van der Waals surface area contributed by atoms with Crippen molar-refractivity contribution in [2.75, 3.05) is 11.5 Å². The molecule has 2 saturated carbocycles. The summed E-state index contributed by atoms with van der Waals surface area (Å²) in [5, 5.41) is 23.6. The van der Waals surface area contributed by atoms with Gasteiger partial charge in [-0.2, -0.15) is 23.5 Å². The molecule has 3 rings (SSSR count). The number of thioether (sulfide) groups is 2. The van der Waals surface area contributed by atoms with Crippen molar-refractivity contribution in [3.8, 4) is 0 Å². The van der Waals surface area contributed by atoms with Crippen molar-refractivity contribution in [3.63, 3.8) is 0 Å². The fraction of sp³-hybridized carbons (Fsp3) is 0.875. The molecule has 4 bridgehead atoms. The van der Waals surface area contributed by atoms with Crippen molar-refractivity contribution < 1.29 is 10.2 Å². The van der Waals surface area contributed by atoms with Gasteiger partial charge >= 0.3 is 0 Å². The lowest BCUT2D eigenvalue weighted by molar-refractivity contribution is -0.177. The number of aliphatic hydroxyl groups is 2. The largest absolute Gasteiger partial charge is 0.386 e. The highest BCUT2D eigenvalue weighted by Crippen LogP contribution is 2.73. The topological polar surface area (TPSA) is 40.5 Å². The summed E-state index contributed by atoms with van der Waals surface area (Å²) < 4.78 is 0. The molecule has 20 heavy (non-hydrogen) atoms. The maximum atomic E-state index is 11.5. The molecular weight excluding hydrogens is 288 g/mol. The standard InChI is InChI=1S/C16H26O2S2/c1-5-19-11-9-15(17)14(4)8-7-13(11,3)16(15,18)10-12(14)20-6-2/h7-8,11-12,17-18H,5-6,9-10H2,1-4H3/t11-,12-,13-,14-,15+,16+/m0/s1. The van der Waals surface area contributed by atoms with Gasteiger partial charge in [0.05, 0.1) is 0 Å². The molecule has 3 aliphatic carbocycles. The maximum Gasteiger partial charge on any atom is 0.105 e. The highest BCUT2D eigenvalue weighted by atomic mass is 32.2. The molecule has 4 heteroatoms. The zero-order valence-corrected chi connectivity index (χ0v) is 14.5. The first kappa shape index (κ1) is 15.3. The maximum absolute atomic E-state index is 11.5. The van der Waals surface area contributed by atoms with Gasteiger partial charge in [-0.3, -0.25) is 0 Å². The lowest BCUT2D eigenvalue weighted by atomic mass is 9.63. The summed E-state index contributed by atoms with van der Waals surface area (Å²) in [5.41, 5.74) is -2.54. The predicted octanol–water partition coefficient (Wildman–Crippen LogP) is 3.08. The van der Waals surface area contributed by atoms with Gasteiger partial charge in [-0.15, -0.1) is 0 Å². The van der Waals surface area contributed by atoms with Crippen LogP contribution >= 0.6 is 23.5 Å². The molecular formula is C16H26O2S2. The summed E-state index contributed by atoms with van der Waals surface area (Å²) >= 11 is 3.77. The summed E-state index contributed by atoms with van der Waals surface area (Å²) in [6, 6.07) is 0. The molecule has 0 aromatic rings. The van der Waals surface area contributed by atoms with E-state index in [-0.39, 0.29) is 10.8 Å². The minimum absolute atomic E-state index is 0.301. The summed E-state index contributed by atoms with van der Waals surface area (Å²) in [7, 11) is 0. The van der Waals surface area contributed by atoms with Gasteiger partial charge in [-0.25, -0.2) is 0 Å². The number of rotatable bonds is 4. The molecule has 0 aromatic heterocycles. The van der Waals surface area contributed by atoms with Crippen LogP contribution in [-0.2, 0) is 0 Å². The molecule has 2 nitrogen and oxygen atoms in total. The lowest BCUT2D eigenvalue weighted by Crippen LogP contribution is -2.61. The van der Waals surface area contributed by atoms with Crippen LogP contribution in [0, 0.1) is 10.8 Å². The van der Waals surface area contributed by atoms with Gasteiger partial charge in [0.25, 0.3) is 0 Å². The average Bonchev–Trinajstić information content (AvgIpc) is 2.57. The third-order valence-electron chi connectivity index (χ3n) is 6.28. The fourth-order valence-electron chi connectivity index (χ4n) is 4.86. The van der Waals surface area contributed by atoms with Crippen molar-refractivity contribution in [2.45, 2.75) is 62.2 Å². The van der Waals surface area contributed by atoms with Gasteiger partial charge in [0, 0.05) is 21.3 Å². The van der Waals surface area contributed by atoms with Gasteiger partial charge in [0.2, 0.25) is 0 Å². The smallest absolute Gasteiger partial charge is 0.105 e. The number of hydrogen-bond donors (Lipinski definition) is 2. The molecule has 0 heterocycles. The highest BCUT2D eigenvalue weighted by molar-refractivity contribution is 8.00. The van der Waals surface area contributed by atoms with E-state index in [1.165, 1.54) is 0 Å². The Morgan fingerprint density at radius 2 is 1.25 bits per heavy atom. The van der Waals surface area contributed by atoms with Gasteiger partial charge in [-0.1, -0.05) is 39.8 Å². The van der Waals surface area contributed by atoms with E-state index in [2.05, 4.69) is 39.8 Å². The first-order valence-corrected chi connectivity index (χ1v) is 9.77. The third kappa shape index (κ3) is 1.42. The normalized spacial score (nSPS) is 56.5. The Labute approximate surface area is 130 Å². The van der Waals surface area contributed by atoms with Crippen molar-refractivity contribution >= 4 is 23.5 Å². The van der Waals surface area contributed by atoms with E-state index in [0.29, 0.717) is 23.3 Å². The molecule has 0 aliphatic heterocycles. The molecule has 2 fully saturated rings. The minimum atomic E-state index is -0.969. The summed E-state index contributed by atoms with van der Waals surface area (Å²) in [6.45, 7) is 8.61. The van der Waals surface area contributed by atoms with Crippen LogP contribution in [0.4, 0.5) is 0 Å². The number of hydrogen-bond acceptors (Lipinski definition) is 4. The Bertz CT molecular complexity index is 414. The van der Waals surface area contributed by atoms with E-state index in [0.717, 1.165) is 11.5 Å². The second kappa shape index (κ2) is 4.43. The van der Waals surface area contributed by atoms with Gasteiger partial charge in [-0.05, 0) is 24.3 Å². The molecule has 0 aromatic carbocycles. The fourth-order valence-corrected chi connectivity index (χ4v) is 7.63. The SMILES string of the molecule is CCS[C@H]1C[C@]2(O)[C@@]3(O)C[C@H](SCC)[C@]2(C)C=C[C@@]13C. The second-order valence-electron chi connectivity index (χ2n) is 6.92. The molecule has 6 atom stereocenters. The molecule has 114 valence electrons. The first-order chi connectivity index (χ1) is 9.29. The van der Waals surface area contributed by atoms with Crippen LogP contribution in [0.1, 0.15) is 40.5 Å². The molecule has 2 N–H and O–H groups in total. The van der Waals surface area contributed by atoms with Crippen molar-refractivity contribution in [1.29, 1.82) is 0 Å². The van der Waals surface area contributed by atoms with E-state index in [9.17, 15) is 10.2 Å².